The Morgan fingerprint density at radius 3 is 2.52 bits per heavy atom. The summed E-state index contributed by atoms with van der Waals surface area (Å²) in [5, 5.41) is 30.7. The Balaban J connectivity index is 2.51. The van der Waals surface area contributed by atoms with Crippen molar-refractivity contribution in [2.75, 3.05) is 7.11 Å². The number of carbonyl (C=O) groups excluding carboxylic acids is 2. The highest BCUT2D eigenvalue weighted by Gasteiger charge is 2.43. The quantitative estimate of drug-likeness (QED) is 0.271. The van der Waals surface area contributed by atoms with E-state index in [0.717, 1.165) is 12.8 Å². The molecule has 0 bridgehead atoms. The molecule has 0 amide bonds. The van der Waals surface area contributed by atoms with Gasteiger partial charge in [0.05, 0.1) is 31.3 Å². The van der Waals surface area contributed by atoms with Gasteiger partial charge in [0.15, 0.2) is 0 Å². The van der Waals surface area contributed by atoms with Crippen LogP contribution in [-0.4, -0.2) is 52.5 Å². The third kappa shape index (κ3) is 8.54. The van der Waals surface area contributed by atoms with Crippen LogP contribution in [-0.2, 0) is 14.3 Å². The molecule has 3 unspecified atom stereocenters. The molecule has 0 aliphatic heterocycles. The highest BCUT2D eigenvalue weighted by atomic mass is 16.5. The second kappa shape index (κ2) is 12.3. The van der Waals surface area contributed by atoms with Gasteiger partial charge in [0.25, 0.3) is 0 Å². The summed E-state index contributed by atoms with van der Waals surface area (Å²) < 4.78 is 4.59. The summed E-state index contributed by atoms with van der Waals surface area (Å²) in [5.41, 5.74) is 0. The van der Waals surface area contributed by atoms with Crippen LogP contribution >= 0.6 is 0 Å². The fourth-order valence-electron chi connectivity index (χ4n) is 3.59. The fourth-order valence-corrected chi connectivity index (χ4v) is 3.59. The molecule has 6 nitrogen and oxygen atoms in total. The number of hydrogen-bond acceptors (Lipinski definition) is 6. The molecule has 1 rings (SSSR count). The summed E-state index contributed by atoms with van der Waals surface area (Å²) in [7, 11) is 1.36. The molecule has 0 spiro atoms. The second-order valence-corrected chi connectivity index (χ2v) is 8.01. The van der Waals surface area contributed by atoms with Gasteiger partial charge in [-0.25, -0.2) is 0 Å². The maximum Gasteiger partial charge on any atom is 0.305 e. The van der Waals surface area contributed by atoms with Crippen LogP contribution in [0, 0.1) is 17.8 Å². The molecule has 27 heavy (non-hydrogen) atoms. The molecular formula is C21H36O6. The predicted octanol–water partition coefficient (Wildman–Crippen LogP) is 2.39. The third-order valence-electron chi connectivity index (χ3n) is 5.26. The first-order chi connectivity index (χ1) is 12.8. The first-order valence-electron chi connectivity index (χ1n) is 10.1. The molecular weight excluding hydrogens is 348 g/mol. The molecule has 0 aromatic carbocycles. The minimum Gasteiger partial charge on any atom is -0.469 e. The lowest BCUT2D eigenvalue weighted by molar-refractivity contribution is -0.140. The monoisotopic (exact) mass is 384 g/mol. The number of carbonyl (C=O) groups is 2. The minimum absolute atomic E-state index is 0.0428. The molecule has 0 radical (unpaired) electrons. The van der Waals surface area contributed by atoms with Crippen LogP contribution in [0.1, 0.15) is 65.2 Å². The van der Waals surface area contributed by atoms with E-state index in [9.17, 15) is 24.9 Å². The van der Waals surface area contributed by atoms with Crippen LogP contribution in [0.3, 0.4) is 0 Å². The van der Waals surface area contributed by atoms with E-state index in [1.165, 1.54) is 7.11 Å². The van der Waals surface area contributed by atoms with Gasteiger partial charge in [0, 0.05) is 18.8 Å². The van der Waals surface area contributed by atoms with E-state index in [1.807, 2.05) is 0 Å². The molecule has 0 heterocycles. The maximum absolute atomic E-state index is 12.2. The molecule has 0 saturated heterocycles. The van der Waals surface area contributed by atoms with E-state index in [0.29, 0.717) is 38.0 Å². The van der Waals surface area contributed by atoms with Gasteiger partial charge in [-0.15, -0.1) is 0 Å². The summed E-state index contributed by atoms with van der Waals surface area (Å²) in [4.78, 5) is 23.3. The Morgan fingerprint density at radius 2 is 1.89 bits per heavy atom. The maximum atomic E-state index is 12.2. The van der Waals surface area contributed by atoms with E-state index in [2.05, 4.69) is 18.6 Å². The molecule has 1 aliphatic carbocycles. The van der Waals surface area contributed by atoms with Crippen LogP contribution in [0.2, 0.25) is 0 Å². The van der Waals surface area contributed by atoms with Gasteiger partial charge in [-0.2, -0.15) is 0 Å². The molecule has 1 fully saturated rings. The van der Waals surface area contributed by atoms with E-state index in [4.69, 9.17) is 0 Å². The summed E-state index contributed by atoms with van der Waals surface area (Å²) in [6, 6.07) is 0. The van der Waals surface area contributed by atoms with Gasteiger partial charge in [-0.05, 0) is 31.6 Å². The van der Waals surface area contributed by atoms with E-state index in [-0.39, 0.29) is 18.2 Å². The summed E-state index contributed by atoms with van der Waals surface area (Å²) in [6.07, 6.45) is 5.64. The van der Waals surface area contributed by atoms with E-state index >= 15 is 0 Å². The smallest absolute Gasteiger partial charge is 0.305 e. The van der Waals surface area contributed by atoms with Crippen LogP contribution in [0.4, 0.5) is 0 Å². The number of aliphatic hydroxyl groups excluding tert-OH is 3. The third-order valence-corrected chi connectivity index (χ3v) is 5.26. The van der Waals surface area contributed by atoms with Crippen molar-refractivity contribution in [3.63, 3.8) is 0 Å². The lowest BCUT2D eigenvalue weighted by Gasteiger charge is -2.23. The Morgan fingerprint density at radius 1 is 1.19 bits per heavy atom. The summed E-state index contributed by atoms with van der Waals surface area (Å²) in [6.45, 7) is 4.18. The number of methoxy groups -OCH3 is 1. The van der Waals surface area contributed by atoms with Gasteiger partial charge < -0.3 is 20.1 Å². The fraction of sp³-hybridized carbons (Fsp3) is 0.810. The molecule has 3 N–H and O–H groups in total. The molecule has 0 aromatic heterocycles. The Kier molecular flexibility index (Phi) is 10.8. The Bertz CT molecular complexity index is 487. The molecule has 5 atom stereocenters. The van der Waals surface area contributed by atoms with Gasteiger partial charge in [0.1, 0.15) is 5.78 Å². The first kappa shape index (κ1) is 23.8. The van der Waals surface area contributed by atoms with Crippen LogP contribution in [0.5, 0.6) is 0 Å². The number of Topliss-reactive ketones (excluding diaryl/α,β-unsaturated/α-hetero) is 1. The first-order valence-corrected chi connectivity index (χ1v) is 10.1. The normalized spacial score (nSPS) is 25.3. The molecule has 1 saturated carbocycles. The lowest BCUT2D eigenvalue weighted by Crippen LogP contribution is -2.30. The van der Waals surface area contributed by atoms with Gasteiger partial charge in [-0.3, -0.25) is 9.59 Å². The number of ether oxygens (including phenoxy) is 1. The second-order valence-electron chi connectivity index (χ2n) is 8.01. The zero-order chi connectivity index (χ0) is 20.4. The van der Waals surface area contributed by atoms with Crippen LogP contribution in [0.15, 0.2) is 12.2 Å². The molecule has 0 aromatic rings. The predicted molar refractivity (Wildman–Crippen MR) is 103 cm³/mol. The van der Waals surface area contributed by atoms with E-state index < -0.39 is 30.1 Å². The number of hydrogen-bond donors (Lipinski definition) is 3. The number of ketones is 1. The minimum atomic E-state index is -0.824. The van der Waals surface area contributed by atoms with Crippen molar-refractivity contribution in [3.05, 3.63) is 12.2 Å². The Labute approximate surface area is 162 Å². The molecule has 6 heteroatoms. The van der Waals surface area contributed by atoms with Crippen molar-refractivity contribution in [3.8, 4) is 0 Å². The number of esters is 1. The van der Waals surface area contributed by atoms with Crippen molar-refractivity contribution < 1.29 is 29.6 Å². The topological polar surface area (TPSA) is 104 Å². The highest BCUT2D eigenvalue weighted by molar-refractivity contribution is 5.85. The highest BCUT2D eigenvalue weighted by Crippen LogP contribution is 2.34. The molecule has 156 valence electrons. The Hall–Kier alpha value is -1.24. The zero-order valence-electron chi connectivity index (χ0n) is 16.8. The van der Waals surface area contributed by atoms with E-state index in [1.54, 1.807) is 12.2 Å². The SMILES string of the molecule is COC(=O)CCCCCC(O)[C@H]1C(=O)CC(O)[C@@H]1C=CC(O)CCC(C)C. The summed E-state index contributed by atoms with van der Waals surface area (Å²) >= 11 is 0. The average Bonchev–Trinajstić information content (AvgIpc) is 2.90. The average molecular weight is 385 g/mol. The van der Waals surface area contributed by atoms with Crippen molar-refractivity contribution in [1.82, 2.24) is 0 Å². The van der Waals surface area contributed by atoms with Gasteiger partial charge in [0.2, 0.25) is 0 Å². The van der Waals surface area contributed by atoms with Crippen molar-refractivity contribution in [1.29, 1.82) is 0 Å². The lowest BCUT2D eigenvalue weighted by atomic mass is 9.86. The van der Waals surface area contributed by atoms with Gasteiger partial charge >= 0.3 is 5.97 Å². The van der Waals surface area contributed by atoms with Crippen LogP contribution in [0.25, 0.3) is 0 Å². The standard InChI is InChI=1S/C21H36O6/c1-14(2)9-10-15(22)11-12-16-18(24)13-19(25)21(16)17(23)7-5-4-6-8-20(26)27-3/h11-12,14-18,21-24H,4-10,13H2,1-3H3/t15?,16-,17?,18?,21-/m0/s1. The van der Waals surface area contributed by atoms with Crippen molar-refractivity contribution in [2.45, 2.75) is 83.5 Å². The number of aliphatic hydroxyl groups is 3. The largest absolute Gasteiger partial charge is 0.469 e. The van der Waals surface area contributed by atoms with Crippen LogP contribution < -0.4 is 0 Å². The van der Waals surface area contributed by atoms with Gasteiger partial charge in [-0.1, -0.05) is 38.8 Å². The number of unbranched alkanes of at least 4 members (excludes halogenated alkanes) is 2. The zero-order valence-corrected chi connectivity index (χ0v) is 16.8. The number of rotatable bonds is 12. The summed E-state index contributed by atoms with van der Waals surface area (Å²) in [5.74, 6) is -0.965. The van der Waals surface area contributed by atoms with Crippen molar-refractivity contribution in [2.24, 2.45) is 17.8 Å². The molecule has 1 aliphatic rings. The van der Waals surface area contributed by atoms with Crippen molar-refractivity contribution >= 4 is 11.8 Å².